The van der Waals surface area contributed by atoms with Crippen molar-refractivity contribution in [3.63, 3.8) is 0 Å². The Morgan fingerprint density at radius 1 is 1.03 bits per heavy atom. The van der Waals surface area contributed by atoms with Gasteiger partial charge in [-0.25, -0.2) is 9.59 Å². The molecule has 2 aromatic carbocycles. The number of carboxylic acids is 1. The standard InChI is InChI=1S/C26H28N2O7/c1-34-22(29)12-11-21(23(30)31)27-24(32)26(13-6-14-26)28-25(33)35-15-20-18-9-4-2-7-16(18)17-8-3-5-10-19(17)20/h2-5,7-10,20-21H,6,11-15H2,1H3,(H,27,32)(H,28,33)(H,30,31)/t21-/m1/s1. The van der Waals surface area contributed by atoms with Crippen molar-refractivity contribution < 1.29 is 33.8 Å². The van der Waals surface area contributed by atoms with Crippen LogP contribution < -0.4 is 10.6 Å². The number of rotatable bonds is 9. The lowest BCUT2D eigenvalue weighted by Crippen LogP contribution is -2.64. The van der Waals surface area contributed by atoms with Crippen LogP contribution in [0.4, 0.5) is 4.79 Å². The van der Waals surface area contributed by atoms with Gasteiger partial charge in [0.25, 0.3) is 0 Å². The first kappa shape index (κ1) is 24.3. The molecular weight excluding hydrogens is 452 g/mol. The average Bonchev–Trinajstić information content (AvgIpc) is 3.15. The number of carbonyl (C=O) groups excluding carboxylic acids is 3. The summed E-state index contributed by atoms with van der Waals surface area (Å²) < 4.78 is 10.1. The monoisotopic (exact) mass is 480 g/mol. The highest BCUT2D eigenvalue weighted by Gasteiger charge is 2.47. The van der Waals surface area contributed by atoms with E-state index in [1.165, 1.54) is 7.11 Å². The molecule has 184 valence electrons. The van der Waals surface area contributed by atoms with Gasteiger partial charge < -0.3 is 25.2 Å². The number of hydrogen-bond donors (Lipinski definition) is 3. The molecule has 0 heterocycles. The van der Waals surface area contributed by atoms with Gasteiger partial charge in [0.1, 0.15) is 18.2 Å². The first-order valence-electron chi connectivity index (χ1n) is 11.6. The number of hydrogen-bond acceptors (Lipinski definition) is 6. The molecule has 35 heavy (non-hydrogen) atoms. The number of alkyl carbamates (subject to hydrolysis) is 1. The Morgan fingerprint density at radius 3 is 2.14 bits per heavy atom. The molecule has 0 saturated heterocycles. The number of amides is 2. The first-order chi connectivity index (χ1) is 16.8. The van der Waals surface area contributed by atoms with Gasteiger partial charge in [0, 0.05) is 12.3 Å². The topological polar surface area (TPSA) is 131 Å². The van der Waals surface area contributed by atoms with Crippen LogP contribution in [0.1, 0.15) is 49.1 Å². The van der Waals surface area contributed by atoms with Crippen molar-refractivity contribution >= 4 is 23.9 Å². The fourth-order valence-electron chi connectivity index (χ4n) is 4.69. The van der Waals surface area contributed by atoms with E-state index in [0.29, 0.717) is 19.3 Å². The van der Waals surface area contributed by atoms with Crippen molar-refractivity contribution in [2.45, 2.75) is 49.6 Å². The molecule has 9 heteroatoms. The van der Waals surface area contributed by atoms with Gasteiger partial charge in [0.15, 0.2) is 0 Å². The van der Waals surface area contributed by atoms with Crippen molar-refractivity contribution in [3.05, 3.63) is 59.7 Å². The van der Waals surface area contributed by atoms with Gasteiger partial charge in [-0.05, 0) is 47.9 Å². The highest BCUT2D eigenvalue weighted by Crippen LogP contribution is 2.44. The SMILES string of the molecule is COC(=O)CC[C@@H](NC(=O)C1(NC(=O)OCC2c3ccccc3-c3ccccc32)CCC1)C(=O)O. The van der Waals surface area contributed by atoms with Crippen LogP contribution in [0.25, 0.3) is 11.1 Å². The van der Waals surface area contributed by atoms with Crippen LogP contribution in [0, 0.1) is 0 Å². The molecule has 2 aromatic rings. The van der Waals surface area contributed by atoms with Crippen LogP contribution in [0.3, 0.4) is 0 Å². The van der Waals surface area contributed by atoms with Gasteiger partial charge in [0.05, 0.1) is 7.11 Å². The molecule has 1 saturated carbocycles. The van der Waals surface area contributed by atoms with E-state index in [1.54, 1.807) is 0 Å². The number of carboxylic acid groups (broad SMARTS) is 1. The molecule has 3 N–H and O–H groups in total. The van der Waals surface area contributed by atoms with Crippen LogP contribution in [0.2, 0.25) is 0 Å². The molecule has 0 unspecified atom stereocenters. The number of carbonyl (C=O) groups is 4. The number of benzene rings is 2. The van der Waals surface area contributed by atoms with Crippen LogP contribution in [-0.4, -0.2) is 54.3 Å². The molecule has 0 aromatic heterocycles. The van der Waals surface area contributed by atoms with Gasteiger partial charge in [-0.1, -0.05) is 48.5 Å². The molecule has 0 radical (unpaired) electrons. The zero-order valence-corrected chi connectivity index (χ0v) is 19.4. The Kier molecular flexibility index (Phi) is 7.04. The molecule has 1 fully saturated rings. The highest BCUT2D eigenvalue weighted by atomic mass is 16.5. The zero-order valence-electron chi connectivity index (χ0n) is 19.4. The molecule has 4 rings (SSSR count). The van der Waals surface area contributed by atoms with E-state index in [9.17, 15) is 24.3 Å². The van der Waals surface area contributed by atoms with E-state index in [1.807, 2.05) is 48.5 Å². The van der Waals surface area contributed by atoms with Crippen LogP contribution in [0.15, 0.2) is 48.5 Å². The molecule has 0 bridgehead atoms. The summed E-state index contributed by atoms with van der Waals surface area (Å²) in [5.74, 6) is -2.55. The predicted octanol–water partition coefficient (Wildman–Crippen LogP) is 2.97. The lowest BCUT2D eigenvalue weighted by molar-refractivity contribution is -0.145. The van der Waals surface area contributed by atoms with E-state index in [4.69, 9.17) is 4.74 Å². The van der Waals surface area contributed by atoms with Crippen LogP contribution in [0.5, 0.6) is 0 Å². The quantitative estimate of drug-likeness (QED) is 0.470. The summed E-state index contributed by atoms with van der Waals surface area (Å²) in [6.07, 6.45) is 0.438. The van der Waals surface area contributed by atoms with Crippen molar-refractivity contribution in [1.29, 1.82) is 0 Å². The molecule has 2 aliphatic rings. The first-order valence-corrected chi connectivity index (χ1v) is 11.6. The Morgan fingerprint density at radius 2 is 1.63 bits per heavy atom. The number of fused-ring (bicyclic) bond motifs is 3. The minimum Gasteiger partial charge on any atom is -0.480 e. The number of methoxy groups -OCH3 is 1. The number of ether oxygens (including phenoxy) is 2. The lowest BCUT2D eigenvalue weighted by Gasteiger charge is -2.40. The second kappa shape index (κ2) is 10.2. The molecule has 2 aliphatic carbocycles. The average molecular weight is 481 g/mol. The lowest BCUT2D eigenvalue weighted by atomic mass is 9.76. The summed E-state index contributed by atoms with van der Waals surface area (Å²) in [5.41, 5.74) is 3.14. The third-order valence-electron chi connectivity index (χ3n) is 6.79. The van der Waals surface area contributed by atoms with Gasteiger partial charge >= 0.3 is 18.0 Å². The smallest absolute Gasteiger partial charge is 0.408 e. The van der Waals surface area contributed by atoms with E-state index >= 15 is 0 Å². The highest BCUT2D eigenvalue weighted by molar-refractivity contribution is 5.93. The number of esters is 1. The molecule has 1 atom stereocenters. The minimum atomic E-state index is -1.27. The van der Waals surface area contributed by atoms with E-state index in [-0.39, 0.29) is 25.4 Å². The van der Waals surface area contributed by atoms with Crippen molar-refractivity contribution in [3.8, 4) is 11.1 Å². The minimum absolute atomic E-state index is 0.106. The van der Waals surface area contributed by atoms with Crippen molar-refractivity contribution in [1.82, 2.24) is 10.6 Å². The van der Waals surface area contributed by atoms with Gasteiger partial charge in [-0.15, -0.1) is 0 Å². The summed E-state index contributed by atoms with van der Waals surface area (Å²) in [6, 6.07) is 14.7. The Balaban J connectivity index is 1.38. The van der Waals surface area contributed by atoms with E-state index in [2.05, 4.69) is 15.4 Å². The van der Waals surface area contributed by atoms with Gasteiger partial charge in [-0.3, -0.25) is 9.59 Å². The van der Waals surface area contributed by atoms with Gasteiger partial charge in [-0.2, -0.15) is 0 Å². The fourth-order valence-corrected chi connectivity index (χ4v) is 4.69. The van der Waals surface area contributed by atoms with Gasteiger partial charge in [0.2, 0.25) is 5.91 Å². The fraction of sp³-hybridized carbons (Fsp3) is 0.385. The summed E-state index contributed by atoms with van der Waals surface area (Å²) in [5, 5.41) is 14.5. The zero-order chi connectivity index (χ0) is 25.0. The normalized spacial score (nSPS) is 16.1. The van der Waals surface area contributed by atoms with Crippen molar-refractivity contribution in [2.75, 3.05) is 13.7 Å². The summed E-state index contributed by atoms with van der Waals surface area (Å²) in [7, 11) is 1.21. The second-order valence-corrected chi connectivity index (χ2v) is 8.87. The summed E-state index contributed by atoms with van der Waals surface area (Å²) >= 11 is 0. The van der Waals surface area contributed by atoms with Crippen molar-refractivity contribution in [2.24, 2.45) is 0 Å². The maximum Gasteiger partial charge on any atom is 0.408 e. The Bertz CT molecular complexity index is 1100. The molecular formula is C26H28N2O7. The van der Waals surface area contributed by atoms with E-state index in [0.717, 1.165) is 22.3 Å². The number of aliphatic carboxylic acids is 1. The maximum atomic E-state index is 12.9. The van der Waals surface area contributed by atoms with Crippen LogP contribution >= 0.6 is 0 Å². The Labute approximate surface area is 202 Å². The number of nitrogens with one attached hydrogen (secondary N) is 2. The summed E-state index contributed by atoms with van der Waals surface area (Å²) in [6.45, 7) is 0.106. The second-order valence-electron chi connectivity index (χ2n) is 8.87. The molecule has 0 aliphatic heterocycles. The predicted molar refractivity (Wildman–Crippen MR) is 126 cm³/mol. The molecule has 9 nitrogen and oxygen atoms in total. The molecule has 0 spiro atoms. The maximum absolute atomic E-state index is 12.9. The van der Waals surface area contributed by atoms with E-state index < -0.39 is 35.5 Å². The largest absolute Gasteiger partial charge is 0.480 e. The van der Waals surface area contributed by atoms with Crippen LogP contribution in [-0.2, 0) is 23.9 Å². The third kappa shape index (κ3) is 4.99. The Hall–Kier alpha value is -3.88. The molecule has 2 amide bonds. The third-order valence-corrected chi connectivity index (χ3v) is 6.79. The summed E-state index contributed by atoms with van der Waals surface area (Å²) in [4.78, 5) is 48.6.